The maximum absolute atomic E-state index is 11.0. The maximum atomic E-state index is 11.0. The highest BCUT2D eigenvalue weighted by molar-refractivity contribution is 7.84. The van der Waals surface area contributed by atoms with E-state index in [1.807, 2.05) is 34.9 Å². The van der Waals surface area contributed by atoms with Crippen molar-refractivity contribution in [3.8, 4) is 11.8 Å². The quantitative estimate of drug-likeness (QED) is 0.603. The lowest BCUT2D eigenvalue weighted by molar-refractivity contribution is 0.100. The van der Waals surface area contributed by atoms with Gasteiger partial charge in [0, 0.05) is 17.5 Å². The van der Waals surface area contributed by atoms with Crippen molar-refractivity contribution in [2.75, 3.05) is 6.61 Å². The molecule has 1 fully saturated rings. The van der Waals surface area contributed by atoms with E-state index in [2.05, 4.69) is 31.0 Å². The molecule has 0 aliphatic heterocycles. The number of rotatable bonds is 4. The van der Waals surface area contributed by atoms with Crippen LogP contribution in [0.1, 0.15) is 30.1 Å². The lowest BCUT2D eigenvalue weighted by atomic mass is 10.1. The van der Waals surface area contributed by atoms with Crippen LogP contribution >= 0.6 is 0 Å². The molecule has 3 aromatic rings. The van der Waals surface area contributed by atoms with E-state index >= 15 is 0 Å². The molecule has 0 spiro atoms. The summed E-state index contributed by atoms with van der Waals surface area (Å²) >= 11 is 0. The van der Waals surface area contributed by atoms with E-state index < -0.39 is 16.4 Å². The summed E-state index contributed by atoms with van der Waals surface area (Å²) in [5.41, 5.74) is 2.58. The number of imidazole rings is 1. The molecular weight excluding hydrogens is 394 g/mol. The van der Waals surface area contributed by atoms with Gasteiger partial charge in [0.05, 0.1) is 19.0 Å². The molecule has 0 bridgehead atoms. The molecule has 150 valence electrons. The average Bonchev–Trinajstić information content (AvgIpc) is 3.28. The molecule has 2 heterocycles. The van der Waals surface area contributed by atoms with Gasteiger partial charge in [-0.25, -0.2) is 20.1 Å². The lowest BCUT2D eigenvalue weighted by Crippen LogP contribution is -2.24. The SMILES string of the molecule is NS(=O)(=O)OCC1C[C@@H](n2cnc3c(C#Cc4ccccc4)ncnc32)C[C@@H]1O. The van der Waals surface area contributed by atoms with Gasteiger partial charge in [0.15, 0.2) is 5.65 Å². The molecule has 10 heteroatoms. The summed E-state index contributed by atoms with van der Waals surface area (Å²) in [6.07, 6.45) is 3.31. The molecule has 1 unspecified atom stereocenters. The number of fused-ring (bicyclic) bond motifs is 1. The Hall–Kier alpha value is -2.84. The van der Waals surface area contributed by atoms with Crippen molar-refractivity contribution < 1.29 is 17.7 Å². The van der Waals surface area contributed by atoms with E-state index in [9.17, 15) is 13.5 Å². The Kier molecular flexibility index (Phi) is 5.29. The zero-order valence-corrected chi connectivity index (χ0v) is 16.2. The number of benzene rings is 1. The molecule has 0 saturated heterocycles. The van der Waals surface area contributed by atoms with Crippen LogP contribution in [0.15, 0.2) is 43.0 Å². The predicted molar refractivity (Wildman–Crippen MR) is 105 cm³/mol. The van der Waals surface area contributed by atoms with Crippen LogP contribution < -0.4 is 5.14 Å². The van der Waals surface area contributed by atoms with E-state index in [0.29, 0.717) is 29.7 Å². The second-order valence-corrected chi connectivity index (χ2v) is 8.11. The van der Waals surface area contributed by atoms with Gasteiger partial charge in [-0.05, 0) is 30.9 Å². The number of aliphatic hydroxyl groups excluding tert-OH is 1. The first-order chi connectivity index (χ1) is 13.9. The first-order valence-electron chi connectivity index (χ1n) is 9.00. The van der Waals surface area contributed by atoms with Crippen molar-refractivity contribution in [1.29, 1.82) is 0 Å². The Labute approximate surface area is 167 Å². The van der Waals surface area contributed by atoms with Crippen LogP contribution in [-0.2, 0) is 14.5 Å². The molecule has 1 saturated carbocycles. The molecule has 3 atom stereocenters. The minimum absolute atomic E-state index is 0.103. The summed E-state index contributed by atoms with van der Waals surface area (Å²) in [6, 6.07) is 9.47. The lowest BCUT2D eigenvalue weighted by Gasteiger charge is -2.13. The van der Waals surface area contributed by atoms with Crippen LogP contribution in [0.2, 0.25) is 0 Å². The number of aromatic nitrogens is 4. The average molecular weight is 413 g/mol. The zero-order chi connectivity index (χ0) is 20.4. The fraction of sp³-hybridized carbons (Fsp3) is 0.316. The van der Waals surface area contributed by atoms with Gasteiger partial charge in [0.25, 0.3) is 0 Å². The highest BCUT2D eigenvalue weighted by atomic mass is 32.2. The molecule has 29 heavy (non-hydrogen) atoms. The zero-order valence-electron chi connectivity index (χ0n) is 15.3. The number of nitrogens with zero attached hydrogens (tertiary/aromatic N) is 4. The fourth-order valence-corrected chi connectivity index (χ4v) is 3.89. The van der Waals surface area contributed by atoms with Gasteiger partial charge in [-0.15, -0.1) is 0 Å². The highest BCUT2D eigenvalue weighted by Crippen LogP contribution is 2.36. The van der Waals surface area contributed by atoms with Gasteiger partial charge in [-0.1, -0.05) is 24.1 Å². The van der Waals surface area contributed by atoms with Crippen molar-refractivity contribution in [2.24, 2.45) is 11.1 Å². The summed E-state index contributed by atoms with van der Waals surface area (Å²) in [5, 5.41) is 15.2. The Balaban J connectivity index is 1.58. The van der Waals surface area contributed by atoms with Gasteiger partial charge >= 0.3 is 10.3 Å². The van der Waals surface area contributed by atoms with Crippen LogP contribution in [0.25, 0.3) is 11.2 Å². The molecule has 0 radical (unpaired) electrons. The molecule has 3 N–H and O–H groups in total. The number of nitrogens with two attached hydrogens (primary N) is 1. The first kappa shape index (κ1) is 19.5. The summed E-state index contributed by atoms with van der Waals surface area (Å²) in [4.78, 5) is 13.0. The van der Waals surface area contributed by atoms with Gasteiger partial charge in [-0.3, -0.25) is 4.18 Å². The third kappa shape index (κ3) is 4.44. The van der Waals surface area contributed by atoms with Crippen LogP contribution in [0.4, 0.5) is 0 Å². The second kappa shape index (κ2) is 7.88. The number of hydrogen-bond acceptors (Lipinski definition) is 7. The van der Waals surface area contributed by atoms with E-state index in [1.165, 1.54) is 6.33 Å². The molecule has 1 aliphatic carbocycles. The van der Waals surface area contributed by atoms with Crippen molar-refractivity contribution in [3.63, 3.8) is 0 Å². The van der Waals surface area contributed by atoms with E-state index in [-0.39, 0.29) is 18.6 Å². The van der Waals surface area contributed by atoms with Crippen molar-refractivity contribution >= 4 is 21.5 Å². The molecule has 1 aliphatic rings. The third-order valence-electron chi connectivity index (χ3n) is 4.93. The van der Waals surface area contributed by atoms with Gasteiger partial charge in [0.1, 0.15) is 17.5 Å². The Bertz CT molecular complexity index is 1180. The minimum atomic E-state index is -4.04. The Morgan fingerprint density at radius 3 is 2.72 bits per heavy atom. The molecule has 1 aromatic carbocycles. The predicted octanol–water partition coefficient (Wildman–Crippen LogP) is 0.758. The normalized spacial score (nSPS) is 21.8. The maximum Gasteiger partial charge on any atom is 0.333 e. The van der Waals surface area contributed by atoms with Crippen molar-refractivity contribution in [3.05, 3.63) is 54.2 Å². The second-order valence-electron chi connectivity index (χ2n) is 6.89. The molecular formula is C19H19N5O4S. The van der Waals surface area contributed by atoms with Crippen molar-refractivity contribution in [2.45, 2.75) is 25.0 Å². The first-order valence-corrected chi connectivity index (χ1v) is 10.5. The molecule has 4 rings (SSSR count). The highest BCUT2D eigenvalue weighted by Gasteiger charge is 2.35. The van der Waals surface area contributed by atoms with E-state index in [1.54, 1.807) is 6.33 Å². The Morgan fingerprint density at radius 1 is 1.17 bits per heavy atom. The molecule has 2 aromatic heterocycles. The van der Waals surface area contributed by atoms with Crippen LogP contribution in [-0.4, -0.2) is 45.8 Å². The summed E-state index contributed by atoms with van der Waals surface area (Å²) < 4.78 is 28.5. The molecule has 9 nitrogen and oxygen atoms in total. The monoisotopic (exact) mass is 413 g/mol. The van der Waals surface area contributed by atoms with Gasteiger partial charge in [-0.2, -0.15) is 8.42 Å². The van der Waals surface area contributed by atoms with E-state index in [4.69, 9.17) is 5.14 Å². The minimum Gasteiger partial charge on any atom is -0.393 e. The van der Waals surface area contributed by atoms with Gasteiger partial charge < -0.3 is 9.67 Å². The number of aliphatic hydroxyl groups is 1. The third-order valence-corrected chi connectivity index (χ3v) is 5.39. The standard InChI is InChI=1S/C19H19N5O4S/c20-29(26,27)28-10-14-8-15(9-17(14)25)24-12-23-18-16(21-11-22-19(18)24)7-6-13-4-2-1-3-5-13/h1-5,11-12,14-15,17,25H,8-10H2,(H2,20,26,27)/t14?,15-,17+/m1/s1. The summed E-state index contributed by atoms with van der Waals surface area (Å²) in [6.45, 7) is -0.161. The van der Waals surface area contributed by atoms with Crippen LogP contribution in [0, 0.1) is 17.8 Å². The summed E-state index contributed by atoms with van der Waals surface area (Å²) in [5.74, 6) is 5.75. The topological polar surface area (TPSA) is 133 Å². The fourth-order valence-electron chi connectivity index (χ4n) is 3.53. The number of hydrogen-bond donors (Lipinski definition) is 2. The van der Waals surface area contributed by atoms with Gasteiger partial charge in [0.2, 0.25) is 0 Å². The molecule has 0 amide bonds. The summed E-state index contributed by atoms with van der Waals surface area (Å²) in [7, 11) is -4.04. The van der Waals surface area contributed by atoms with Crippen LogP contribution in [0.3, 0.4) is 0 Å². The van der Waals surface area contributed by atoms with E-state index in [0.717, 1.165) is 5.56 Å². The van der Waals surface area contributed by atoms with Crippen LogP contribution in [0.5, 0.6) is 0 Å². The largest absolute Gasteiger partial charge is 0.393 e. The Morgan fingerprint density at radius 2 is 1.97 bits per heavy atom. The smallest absolute Gasteiger partial charge is 0.333 e. The van der Waals surface area contributed by atoms with Crippen molar-refractivity contribution in [1.82, 2.24) is 19.5 Å².